The minimum Gasteiger partial charge on any atom is -0.472 e. The highest BCUT2D eigenvalue weighted by Crippen LogP contribution is 2.48. The number of aryl methyl sites for hydroxylation is 1. The first-order valence-corrected chi connectivity index (χ1v) is 14.7. The van der Waals surface area contributed by atoms with Crippen molar-refractivity contribution in [1.82, 2.24) is 19.9 Å². The van der Waals surface area contributed by atoms with E-state index in [0.29, 0.717) is 51.1 Å². The van der Waals surface area contributed by atoms with E-state index >= 15 is 0 Å². The van der Waals surface area contributed by atoms with Gasteiger partial charge >= 0.3 is 15.5 Å². The minimum absolute atomic E-state index is 0.160. The van der Waals surface area contributed by atoms with E-state index < -0.39 is 15.5 Å². The second kappa shape index (κ2) is 10.8. The lowest BCUT2D eigenvalue weighted by Gasteiger charge is -2.16. The molecule has 0 saturated carbocycles. The van der Waals surface area contributed by atoms with E-state index in [1.807, 2.05) is 11.5 Å². The third kappa shape index (κ3) is 5.17. The van der Waals surface area contributed by atoms with Gasteiger partial charge in [-0.05, 0) is 58.2 Å². The molecule has 1 aliphatic carbocycles. The Bertz CT molecular complexity index is 1850. The molecule has 0 bridgehead atoms. The first-order chi connectivity index (χ1) is 19.5. The molecule has 214 valence electrons. The van der Waals surface area contributed by atoms with Gasteiger partial charge in [0.05, 0.1) is 24.8 Å². The van der Waals surface area contributed by atoms with Gasteiger partial charge in [-0.3, -0.25) is 9.52 Å². The number of hydrogen-bond donors (Lipinski definition) is 2. The van der Waals surface area contributed by atoms with Crippen LogP contribution in [0.4, 0.5) is 18.9 Å². The number of fused-ring (bicyclic) bond motifs is 2. The summed E-state index contributed by atoms with van der Waals surface area (Å²) in [6.07, 6.45) is 3.49. The quantitative estimate of drug-likeness (QED) is 0.207. The van der Waals surface area contributed by atoms with Crippen LogP contribution in [-0.2, 0) is 23.0 Å². The molecular formula is C27H23BrF3N5O4S. The molecule has 0 radical (unpaired) electrons. The molecule has 3 aromatic rings. The molecule has 5 rings (SSSR count). The summed E-state index contributed by atoms with van der Waals surface area (Å²) in [5.74, 6) is 0.332. The molecule has 0 atom stereocenters. The van der Waals surface area contributed by atoms with Gasteiger partial charge in [-0.2, -0.15) is 21.6 Å². The predicted octanol–water partition coefficient (Wildman–Crippen LogP) is 6.18. The monoisotopic (exact) mass is 649 g/mol. The Kier molecular flexibility index (Phi) is 7.55. The molecule has 2 N–H and O–H groups in total. The number of alkyl halides is 3. The molecule has 1 amide bonds. The van der Waals surface area contributed by atoms with Crippen LogP contribution < -0.4 is 10.0 Å². The number of carbonyl (C=O) groups excluding carboxylic acids is 1. The average molecular weight is 650 g/mol. The van der Waals surface area contributed by atoms with Crippen molar-refractivity contribution in [2.75, 3.05) is 11.3 Å². The summed E-state index contributed by atoms with van der Waals surface area (Å²) in [7, 11) is -5.69. The van der Waals surface area contributed by atoms with Gasteiger partial charge in [-0.1, -0.05) is 25.1 Å². The fraction of sp³-hybridized carbons (Fsp3) is 0.222. The zero-order chi connectivity index (χ0) is 29.5. The maximum absolute atomic E-state index is 13.3. The number of rotatable bonds is 8. The predicted molar refractivity (Wildman–Crippen MR) is 151 cm³/mol. The number of sulfonamides is 1. The van der Waals surface area contributed by atoms with Crippen LogP contribution in [0.5, 0.6) is 0 Å². The van der Waals surface area contributed by atoms with Gasteiger partial charge in [0.15, 0.2) is 5.65 Å². The molecule has 1 aromatic carbocycles. The summed E-state index contributed by atoms with van der Waals surface area (Å²) in [6, 6.07) is 10.9. The van der Waals surface area contributed by atoms with Crippen LogP contribution in [0.25, 0.3) is 33.4 Å². The Labute approximate surface area is 241 Å². The van der Waals surface area contributed by atoms with E-state index in [1.165, 1.54) is 30.7 Å². The third-order valence-electron chi connectivity index (χ3n) is 6.49. The molecule has 3 heterocycles. The molecule has 0 spiro atoms. The summed E-state index contributed by atoms with van der Waals surface area (Å²) in [6.45, 7) is 4.31. The van der Waals surface area contributed by atoms with Crippen molar-refractivity contribution in [3.05, 3.63) is 76.5 Å². The number of anilines is 1. The normalized spacial score (nSPS) is 12.2. The minimum atomic E-state index is -5.69. The number of carbonyl (C=O) groups is 1. The molecule has 2 aliphatic rings. The van der Waals surface area contributed by atoms with E-state index in [0.717, 1.165) is 5.56 Å². The molecule has 0 saturated heterocycles. The SMILES string of the molecule is CCNC(=O)c1ccc2nc(CC)n(Cc3c4ccocc-4c(Br)c3-c3ccccc3NS(=O)(=O)C(F)(F)F)c2n1. The van der Waals surface area contributed by atoms with Crippen LogP contribution in [0.2, 0.25) is 0 Å². The van der Waals surface area contributed by atoms with Gasteiger partial charge in [0.25, 0.3) is 5.91 Å². The lowest BCUT2D eigenvalue weighted by atomic mass is 10.0. The molecule has 1 aliphatic heterocycles. The van der Waals surface area contributed by atoms with E-state index in [4.69, 9.17) is 4.42 Å². The maximum atomic E-state index is 13.3. The lowest BCUT2D eigenvalue weighted by Crippen LogP contribution is -2.30. The molecule has 9 nitrogen and oxygen atoms in total. The molecule has 2 aromatic heterocycles. The van der Waals surface area contributed by atoms with Gasteiger partial charge in [0.2, 0.25) is 0 Å². The van der Waals surface area contributed by atoms with E-state index in [-0.39, 0.29) is 29.4 Å². The second-order valence-corrected chi connectivity index (χ2v) is 11.5. The first kappa shape index (κ1) is 28.6. The highest BCUT2D eigenvalue weighted by molar-refractivity contribution is 9.10. The lowest BCUT2D eigenvalue weighted by molar-refractivity contribution is -0.0429. The number of imidazole rings is 1. The zero-order valence-electron chi connectivity index (χ0n) is 21.7. The van der Waals surface area contributed by atoms with Crippen LogP contribution in [0.15, 0.2) is 63.9 Å². The summed E-state index contributed by atoms with van der Waals surface area (Å²) in [5, 5.41) is 2.73. The summed E-state index contributed by atoms with van der Waals surface area (Å²) in [5.41, 5.74) is -1.84. The first-order valence-electron chi connectivity index (χ1n) is 12.5. The van der Waals surface area contributed by atoms with Crippen molar-refractivity contribution < 1.29 is 30.8 Å². The number of halogens is 4. The fourth-order valence-electron chi connectivity index (χ4n) is 4.66. The summed E-state index contributed by atoms with van der Waals surface area (Å²) in [4.78, 5) is 21.8. The number of nitrogens with zero attached hydrogens (tertiary/aromatic N) is 3. The van der Waals surface area contributed by atoms with Gasteiger partial charge in [0, 0.05) is 34.1 Å². The highest BCUT2D eigenvalue weighted by Gasteiger charge is 2.46. The van der Waals surface area contributed by atoms with E-state index in [2.05, 4.69) is 31.2 Å². The van der Waals surface area contributed by atoms with Gasteiger partial charge in [0.1, 0.15) is 17.0 Å². The van der Waals surface area contributed by atoms with Crippen LogP contribution in [0, 0.1) is 0 Å². The smallest absolute Gasteiger partial charge is 0.472 e. The number of para-hydroxylation sites is 1. The van der Waals surface area contributed by atoms with Gasteiger partial charge in [-0.15, -0.1) is 0 Å². The van der Waals surface area contributed by atoms with Crippen LogP contribution in [0.1, 0.15) is 35.7 Å². The van der Waals surface area contributed by atoms with Crippen molar-refractivity contribution >= 4 is 48.7 Å². The Morgan fingerprint density at radius 2 is 1.80 bits per heavy atom. The number of hydrogen-bond acceptors (Lipinski definition) is 6. The van der Waals surface area contributed by atoms with Crippen molar-refractivity contribution in [1.29, 1.82) is 0 Å². The van der Waals surface area contributed by atoms with Gasteiger partial charge in [-0.25, -0.2) is 9.97 Å². The van der Waals surface area contributed by atoms with E-state index in [1.54, 1.807) is 35.9 Å². The second-order valence-electron chi connectivity index (χ2n) is 9.01. The van der Waals surface area contributed by atoms with Crippen LogP contribution in [-0.4, -0.2) is 40.9 Å². The molecule has 0 unspecified atom stereocenters. The Hall–Kier alpha value is -3.91. The highest BCUT2D eigenvalue weighted by atomic mass is 79.9. The molecule has 14 heteroatoms. The Balaban J connectivity index is 1.73. The van der Waals surface area contributed by atoms with Gasteiger partial charge < -0.3 is 14.3 Å². The number of benzene rings is 1. The fourth-order valence-corrected chi connectivity index (χ4v) is 6.00. The number of aromatic nitrogens is 3. The van der Waals surface area contributed by atoms with Crippen LogP contribution >= 0.6 is 15.9 Å². The van der Waals surface area contributed by atoms with Crippen molar-refractivity contribution in [3.63, 3.8) is 0 Å². The molecule has 0 fully saturated rings. The van der Waals surface area contributed by atoms with Crippen LogP contribution in [0.3, 0.4) is 0 Å². The van der Waals surface area contributed by atoms with Crippen molar-refractivity contribution in [3.8, 4) is 22.3 Å². The number of pyridine rings is 1. The topological polar surface area (TPSA) is 119 Å². The largest absolute Gasteiger partial charge is 0.516 e. The molecular weight excluding hydrogens is 627 g/mol. The number of nitrogens with one attached hydrogen (secondary N) is 2. The zero-order valence-corrected chi connectivity index (χ0v) is 24.1. The number of amides is 1. The summed E-state index contributed by atoms with van der Waals surface area (Å²) >= 11 is 3.58. The standard InChI is InChI=1S/C27H23BrF3N5O4S/c1-3-22-33-20-9-10-21(26(37)32-4-2)34-25(20)36(22)13-17-15-11-12-40-14-18(15)24(28)23(17)16-7-5-6-8-19(16)35-41(38,39)27(29,30)31/h5-12,14,35H,3-4,13H2,1-2H3,(H,32,37). The Morgan fingerprint density at radius 1 is 1.05 bits per heavy atom. The van der Waals surface area contributed by atoms with Crippen molar-refractivity contribution in [2.24, 2.45) is 0 Å². The Morgan fingerprint density at radius 3 is 2.51 bits per heavy atom. The summed E-state index contributed by atoms with van der Waals surface area (Å²) < 4.78 is 73.4. The van der Waals surface area contributed by atoms with Crippen molar-refractivity contribution in [2.45, 2.75) is 32.3 Å². The van der Waals surface area contributed by atoms with E-state index in [9.17, 15) is 26.4 Å². The maximum Gasteiger partial charge on any atom is 0.516 e. The average Bonchev–Trinajstić information content (AvgIpc) is 3.42. The molecule has 41 heavy (non-hydrogen) atoms. The third-order valence-corrected chi connectivity index (χ3v) is 8.41.